The molecule has 0 spiro atoms. The van der Waals surface area contributed by atoms with Gasteiger partial charge in [-0.05, 0) is 43.2 Å². The molecule has 0 radical (unpaired) electrons. The number of amides is 3. The number of ether oxygens (including phenoxy) is 1. The first-order chi connectivity index (χ1) is 15.0. The molecule has 3 aromatic rings. The highest BCUT2D eigenvalue weighted by atomic mass is 16.5. The first kappa shape index (κ1) is 18.7. The summed E-state index contributed by atoms with van der Waals surface area (Å²) in [5, 5.41) is 9.87. The SMILES string of the molecule is NC(=O)c1ccc(Oc2nc(NC3CC3)n3ncc(/C=C4\CC(=O)NC4=O)c3n2)cc1. The molecular formula is C20H17N7O4. The van der Waals surface area contributed by atoms with E-state index in [-0.39, 0.29) is 18.3 Å². The number of carbonyl (C=O) groups is 3. The molecule has 4 N–H and O–H groups in total. The number of aromatic nitrogens is 4. The fraction of sp³-hybridized carbons (Fsp3) is 0.200. The molecule has 0 unspecified atom stereocenters. The van der Waals surface area contributed by atoms with Gasteiger partial charge in [0.15, 0.2) is 5.65 Å². The van der Waals surface area contributed by atoms with Crippen LogP contribution in [-0.2, 0) is 9.59 Å². The molecule has 2 aromatic heterocycles. The lowest BCUT2D eigenvalue weighted by atomic mass is 10.1. The average Bonchev–Trinajstić information content (AvgIpc) is 3.37. The van der Waals surface area contributed by atoms with Gasteiger partial charge in [0, 0.05) is 22.7 Å². The van der Waals surface area contributed by atoms with Gasteiger partial charge in [-0.1, -0.05) is 0 Å². The van der Waals surface area contributed by atoms with Crippen LogP contribution in [0.5, 0.6) is 11.8 Å². The second-order valence-electron chi connectivity index (χ2n) is 7.30. The largest absolute Gasteiger partial charge is 0.424 e. The molecule has 3 amide bonds. The maximum absolute atomic E-state index is 11.9. The second kappa shape index (κ2) is 7.20. The summed E-state index contributed by atoms with van der Waals surface area (Å²) in [6.45, 7) is 0. The highest BCUT2D eigenvalue weighted by Gasteiger charge is 2.26. The third-order valence-electron chi connectivity index (χ3n) is 4.86. The summed E-state index contributed by atoms with van der Waals surface area (Å²) in [7, 11) is 0. The topological polar surface area (TPSA) is 154 Å². The van der Waals surface area contributed by atoms with E-state index in [2.05, 4.69) is 25.7 Å². The molecular weight excluding hydrogens is 402 g/mol. The number of rotatable bonds is 6. The van der Waals surface area contributed by atoms with E-state index in [0.717, 1.165) is 12.8 Å². The number of primary amides is 1. The van der Waals surface area contributed by atoms with Crippen molar-refractivity contribution in [2.24, 2.45) is 5.73 Å². The van der Waals surface area contributed by atoms with Crippen LogP contribution in [0.3, 0.4) is 0 Å². The molecule has 2 fully saturated rings. The molecule has 0 atom stereocenters. The highest BCUT2D eigenvalue weighted by Crippen LogP contribution is 2.28. The molecule has 11 heteroatoms. The van der Waals surface area contributed by atoms with Crippen molar-refractivity contribution in [3.63, 3.8) is 0 Å². The van der Waals surface area contributed by atoms with Crippen LogP contribution < -0.4 is 21.1 Å². The quantitative estimate of drug-likeness (QED) is 0.395. The number of benzene rings is 1. The monoisotopic (exact) mass is 419 g/mol. The van der Waals surface area contributed by atoms with Gasteiger partial charge in [-0.25, -0.2) is 0 Å². The van der Waals surface area contributed by atoms with Gasteiger partial charge in [0.1, 0.15) is 5.75 Å². The molecule has 1 aromatic carbocycles. The van der Waals surface area contributed by atoms with Crippen LogP contribution in [0.2, 0.25) is 0 Å². The predicted molar refractivity (Wildman–Crippen MR) is 108 cm³/mol. The Hall–Kier alpha value is -4.28. The summed E-state index contributed by atoms with van der Waals surface area (Å²) in [4.78, 5) is 43.5. The lowest BCUT2D eigenvalue weighted by Gasteiger charge is -2.09. The Morgan fingerprint density at radius 2 is 2.00 bits per heavy atom. The molecule has 1 aliphatic heterocycles. The lowest BCUT2D eigenvalue weighted by molar-refractivity contribution is -0.124. The van der Waals surface area contributed by atoms with Crippen LogP contribution >= 0.6 is 0 Å². The minimum atomic E-state index is -0.536. The maximum atomic E-state index is 11.9. The second-order valence-corrected chi connectivity index (χ2v) is 7.30. The number of nitrogens with one attached hydrogen (secondary N) is 2. The molecule has 1 saturated heterocycles. The first-order valence-electron chi connectivity index (χ1n) is 9.61. The van der Waals surface area contributed by atoms with Crippen molar-refractivity contribution in [3.05, 3.63) is 47.2 Å². The molecule has 11 nitrogen and oxygen atoms in total. The van der Waals surface area contributed by atoms with Gasteiger partial charge < -0.3 is 15.8 Å². The minimum Gasteiger partial charge on any atom is -0.424 e. The summed E-state index contributed by atoms with van der Waals surface area (Å²) < 4.78 is 7.32. The maximum Gasteiger partial charge on any atom is 0.327 e. The number of imide groups is 1. The summed E-state index contributed by atoms with van der Waals surface area (Å²) in [5.41, 5.74) is 6.92. The Balaban J connectivity index is 1.53. The molecule has 5 rings (SSSR count). The fourth-order valence-corrected chi connectivity index (χ4v) is 3.13. The van der Waals surface area contributed by atoms with E-state index in [9.17, 15) is 14.4 Å². The van der Waals surface area contributed by atoms with Crippen LogP contribution in [0, 0.1) is 0 Å². The molecule has 1 aliphatic carbocycles. The minimum absolute atomic E-state index is 0.00398. The van der Waals surface area contributed by atoms with Gasteiger partial charge in [-0.15, -0.1) is 0 Å². The Kier molecular flexibility index (Phi) is 4.35. The highest BCUT2D eigenvalue weighted by molar-refractivity contribution is 6.15. The summed E-state index contributed by atoms with van der Waals surface area (Å²) >= 11 is 0. The van der Waals surface area contributed by atoms with Crippen molar-refractivity contribution in [3.8, 4) is 11.8 Å². The number of carbonyl (C=O) groups excluding carboxylic acids is 3. The first-order valence-corrected chi connectivity index (χ1v) is 9.61. The van der Waals surface area contributed by atoms with Gasteiger partial charge in [-0.2, -0.15) is 19.6 Å². The number of nitrogens with two attached hydrogens (primary N) is 1. The van der Waals surface area contributed by atoms with Crippen LogP contribution in [0.1, 0.15) is 35.2 Å². The Morgan fingerprint density at radius 1 is 1.23 bits per heavy atom. The van der Waals surface area contributed by atoms with Crippen molar-refractivity contribution < 1.29 is 19.1 Å². The molecule has 0 bridgehead atoms. The standard InChI is InChI=1S/C20H17N7O4/c21-16(29)10-1-5-14(6-2-10)31-20-25-17-12(7-11-8-15(28)24-18(11)30)9-22-27(17)19(26-20)23-13-3-4-13/h1-2,5-7,9,13H,3-4,8H2,(H2,21,29)(H,23,25,26)(H,24,28,30)/b11-7+. The molecule has 2 aliphatic rings. The van der Waals surface area contributed by atoms with E-state index < -0.39 is 11.8 Å². The van der Waals surface area contributed by atoms with Crippen molar-refractivity contribution in [1.82, 2.24) is 24.9 Å². The third kappa shape index (κ3) is 3.80. The number of nitrogens with zero attached hydrogens (tertiary/aromatic N) is 4. The average molecular weight is 419 g/mol. The van der Waals surface area contributed by atoms with E-state index in [1.54, 1.807) is 36.5 Å². The molecule has 3 heterocycles. The molecule has 1 saturated carbocycles. The van der Waals surface area contributed by atoms with Crippen LogP contribution in [0.15, 0.2) is 36.0 Å². The van der Waals surface area contributed by atoms with Crippen LogP contribution in [0.25, 0.3) is 11.7 Å². The number of hydrogen-bond acceptors (Lipinski definition) is 8. The molecule has 156 valence electrons. The van der Waals surface area contributed by atoms with Crippen molar-refractivity contribution in [2.45, 2.75) is 25.3 Å². The zero-order valence-electron chi connectivity index (χ0n) is 16.2. The van der Waals surface area contributed by atoms with Gasteiger partial charge in [0.25, 0.3) is 5.91 Å². The van der Waals surface area contributed by atoms with E-state index in [0.29, 0.717) is 40.1 Å². The summed E-state index contributed by atoms with van der Waals surface area (Å²) in [5.74, 6) is -0.436. The zero-order valence-corrected chi connectivity index (χ0v) is 16.2. The normalized spacial score (nSPS) is 17.2. The number of hydrogen-bond donors (Lipinski definition) is 3. The Morgan fingerprint density at radius 3 is 2.65 bits per heavy atom. The van der Waals surface area contributed by atoms with Gasteiger partial charge in [0.05, 0.1) is 12.6 Å². The van der Waals surface area contributed by atoms with Crippen molar-refractivity contribution in [1.29, 1.82) is 0 Å². The predicted octanol–water partition coefficient (Wildman–Crippen LogP) is 1.02. The van der Waals surface area contributed by atoms with Gasteiger partial charge in [0.2, 0.25) is 17.8 Å². The van der Waals surface area contributed by atoms with Crippen LogP contribution in [0.4, 0.5) is 5.95 Å². The van der Waals surface area contributed by atoms with Crippen molar-refractivity contribution >= 4 is 35.4 Å². The third-order valence-corrected chi connectivity index (χ3v) is 4.86. The lowest BCUT2D eigenvalue weighted by Crippen LogP contribution is -2.19. The molecule has 31 heavy (non-hydrogen) atoms. The van der Waals surface area contributed by atoms with E-state index >= 15 is 0 Å². The van der Waals surface area contributed by atoms with Crippen molar-refractivity contribution in [2.75, 3.05) is 5.32 Å². The fourth-order valence-electron chi connectivity index (χ4n) is 3.13. The number of fused-ring (bicyclic) bond motifs is 1. The number of anilines is 1. The van der Waals surface area contributed by atoms with E-state index in [1.165, 1.54) is 4.52 Å². The summed E-state index contributed by atoms with van der Waals surface area (Å²) in [6.07, 6.45) is 5.19. The Labute approximate surface area is 175 Å². The van der Waals surface area contributed by atoms with Crippen LogP contribution in [-0.4, -0.2) is 43.3 Å². The zero-order chi connectivity index (χ0) is 21.5. The van der Waals surface area contributed by atoms with E-state index in [4.69, 9.17) is 10.5 Å². The smallest absolute Gasteiger partial charge is 0.327 e. The van der Waals surface area contributed by atoms with E-state index in [1.807, 2.05) is 0 Å². The Bertz CT molecular complexity index is 1260. The summed E-state index contributed by atoms with van der Waals surface area (Å²) in [6, 6.07) is 6.64. The van der Waals surface area contributed by atoms with Gasteiger partial charge >= 0.3 is 6.01 Å². The van der Waals surface area contributed by atoms with Gasteiger partial charge in [-0.3, -0.25) is 19.7 Å².